The van der Waals surface area contributed by atoms with Gasteiger partial charge in [0.05, 0.1) is 18.8 Å². The Balaban J connectivity index is 1.94. The summed E-state index contributed by atoms with van der Waals surface area (Å²) in [5.41, 5.74) is 1.77. The van der Waals surface area contributed by atoms with Crippen LogP contribution < -0.4 is 15.4 Å². The highest BCUT2D eigenvalue weighted by molar-refractivity contribution is 5.79. The Kier molecular flexibility index (Phi) is 8.03. The normalized spacial score (nSPS) is 11.9. The van der Waals surface area contributed by atoms with Crippen molar-refractivity contribution in [1.29, 1.82) is 0 Å². The molecule has 2 N–H and O–H groups in total. The van der Waals surface area contributed by atoms with Gasteiger partial charge in [0.15, 0.2) is 11.7 Å². The van der Waals surface area contributed by atoms with Crippen molar-refractivity contribution in [3.05, 3.63) is 47.3 Å². The predicted octanol–water partition coefficient (Wildman–Crippen LogP) is 3.70. The summed E-state index contributed by atoms with van der Waals surface area (Å²) in [4.78, 5) is 4.51. The van der Waals surface area contributed by atoms with Crippen LogP contribution in [0.2, 0.25) is 0 Å². The highest BCUT2D eigenvalue weighted by atomic mass is 19.3. The minimum absolute atomic E-state index is 0.309. The van der Waals surface area contributed by atoms with Crippen molar-refractivity contribution in [2.75, 3.05) is 13.2 Å². The van der Waals surface area contributed by atoms with E-state index in [2.05, 4.69) is 34.6 Å². The third-order valence-electron chi connectivity index (χ3n) is 3.64. The predicted molar refractivity (Wildman–Crippen MR) is 100 cm³/mol. The largest absolute Gasteiger partial charge is 0.488 e. The third kappa shape index (κ3) is 7.24. The fourth-order valence-corrected chi connectivity index (χ4v) is 2.26. The molecule has 0 saturated heterocycles. The number of aliphatic imine (C=N–C) groups is 1. The van der Waals surface area contributed by atoms with Crippen LogP contribution in [0.4, 0.5) is 8.78 Å². The smallest absolute Gasteiger partial charge is 0.272 e. The molecule has 0 spiro atoms. The Hall–Kier alpha value is -2.64. The number of hydrogen-bond donors (Lipinski definition) is 2. The van der Waals surface area contributed by atoms with Crippen molar-refractivity contribution in [2.24, 2.45) is 4.99 Å². The molecule has 0 amide bonds. The zero-order valence-electron chi connectivity index (χ0n) is 15.8. The molecular weight excluding hydrogens is 354 g/mol. The number of benzene rings is 1. The molecule has 0 atom stereocenters. The van der Waals surface area contributed by atoms with Crippen molar-refractivity contribution >= 4 is 5.96 Å². The van der Waals surface area contributed by atoms with Gasteiger partial charge in [-0.1, -0.05) is 31.1 Å². The minimum Gasteiger partial charge on any atom is -0.488 e. The fraction of sp³-hybridized carbons (Fsp3) is 0.474. The maximum Gasteiger partial charge on any atom is 0.272 e. The first-order valence-electron chi connectivity index (χ1n) is 8.95. The van der Waals surface area contributed by atoms with E-state index in [9.17, 15) is 8.78 Å². The fourth-order valence-electron chi connectivity index (χ4n) is 2.26. The third-order valence-corrected chi connectivity index (χ3v) is 3.64. The van der Waals surface area contributed by atoms with Crippen molar-refractivity contribution in [3.63, 3.8) is 0 Å². The van der Waals surface area contributed by atoms with E-state index < -0.39 is 13.0 Å². The standard InChI is InChI=1S/C19H26F2N4O2/c1-4-22-19(24-11-16-9-17(13(2)3)25-27-16)23-10-14-6-5-7-15(8-14)26-12-18(20)21/h5-9,13,18H,4,10-12H2,1-3H3,(H2,22,23,24). The molecule has 1 aromatic carbocycles. The molecule has 0 fully saturated rings. The van der Waals surface area contributed by atoms with Gasteiger partial charge in [0.25, 0.3) is 6.43 Å². The summed E-state index contributed by atoms with van der Waals surface area (Å²) in [6, 6.07) is 8.91. The molecule has 0 bridgehead atoms. The highest BCUT2D eigenvalue weighted by Crippen LogP contribution is 2.15. The number of nitrogens with zero attached hydrogens (tertiary/aromatic N) is 2. The van der Waals surface area contributed by atoms with E-state index in [1.165, 1.54) is 0 Å². The summed E-state index contributed by atoms with van der Waals surface area (Å²) in [5, 5.41) is 10.4. The van der Waals surface area contributed by atoms with E-state index in [1.807, 2.05) is 19.1 Å². The van der Waals surface area contributed by atoms with Crippen molar-refractivity contribution in [1.82, 2.24) is 15.8 Å². The minimum atomic E-state index is -2.50. The molecule has 0 aliphatic carbocycles. The second-order valence-corrected chi connectivity index (χ2v) is 6.27. The average Bonchev–Trinajstić information content (AvgIpc) is 3.12. The van der Waals surface area contributed by atoms with Crippen LogP contribution in [-0.2, 0) is 13.1 Å². The molecule has 27 heavy (non-hydrogen) atoms. The molecule has 0 aliphatic rings. The van der Waals surface area contributed by atoms with E-state index in [-0.39, 0.29) is 0 Å². The molecule has 0 saturated carbocycles. The molecule has 0 unspecified atom stereocenters. The van der Waals surface area contributed by atoms with Gasteiger partial charge in [-0.15, -0.1) is 0 Å². The van der Waals surface area contributed by atoms with Crippen molar-refractivity contribution in [2.45, 2.75) is 46.2 Å². The van der Waals surface area contributed by atoms with E-state index in [4.69, 9.17) is 9.26 Å². The lowest BCUT2D eigenvalue weighted by Crippen LogP contribution is -2.36. The number of rotatable bonds is 9. The van der Waals surface area contributed by atoms with Crippen molar-refractivity contribution in [3.8, 4) is 5.75 Å². The lowest BCUT2D eigenvalue weighted by molar-refractivity contribution is 0.0818. The van der Waals surface area contributed by atoms with E-state index >= 15 is 0 Å². The summed E-state index contributed by atoms with van der Waals surface area (Å²) in [5.74, 6) is 2.07. The molecule has 6 nitrogen and oxygen atoms in total. The van der Waals surface area contributed by atoms with Gasteiger partial charge < -0.3 is 19.9 Å². The van der Waals surface area contributed by atoms with E-state index in [0.717, 1.165) is 17.0 Å². The quantitative estimate of drug-likeness (QED) is 0.513. The van der Waals surface area contributed by atoms with Gasteiger partial charge >= 0.3 is 0 Å². The Labute approximate surface area is 158 Å². The first-order valence-corrected chi connectivity index (χ1v) is 8.95. The summed E-state index contributed by atoms with van der Waals surface area (Å²) in [6.07, 6.45) is -2.50. The molecular formula is C19H26F2N4O2. The zero-order chi connectivity index (χ0) is 19.6. The lowest BCUT2D eigenvalue weighted by Gasteiger charge is -2.10. The SMILES string of the molecule is CCNC(=NCc1cccc(OCC(F)F)c1)NCc1cc(C(C)C)no1. The zero-order valence-corrected chi connectivity index (χ0v) is 15.8. The van der Waals surface area contributed by atoms with Crippen LogP contribution in [0, 0.1) is 0 Å². The number of ether oxygens (including phenoxy) is 1. The maximum absolute atomic E-state index is 12.3. The van der Waals surface area contributed by atoms with Crippen LogP contribution >= 0.6 is 0 Å². The average molecular weight is 380 g/mol. The van der Waals surface area contributed by atoms with Gasteiger partial charge in [0, 0.05) is 12.6 Å². The van der Waals surface area contributed by atoms with Crippen LogP contribution in [-0.4, -0.2) is 30.7 Å². The molecule has 2 rings (SSSR count). The van der Waals surface area contributed by atoms with Gasteiger partial charge in [-0.25, -0.2) is 13.8 Å². The molecule has 148 valence electrons. The Bertz CT molecular complexity index is 732. The van der Waals surface area contributed by atoms with Crippen molar-refractivity contribution < 1.29 is 18.0 Å². The number of aromatic nitrogens is 1. The maximum atomic E-state index is 12.3. The second-order valence-electron chi connectivity index (χ2n) is 6.27. The molecule has 0 radical (unpaired) electrons. The number of hydrogen-bond acceptors (Lipinski definition) is 4. The van der Waals surface area contributed by atoms with E-state index in [1.54, 1.807) is 18.2 Å². The van der Waals surface area contributed by atoms with Gasteiger partial charge in [0.2, 0.25) is 0 Å². The molecule has 1 heterocycles. The number of nitrogens with one attached hydrogen (secondary N) is 2. The van der Waals surface area contributed by atoms with Crippen LogP contribution in [0.25, 0.3) is 0 Å². The van der Waals surface area contributed by atoms with Crippen LogP contribution in [0.3, 0.4) is 0 Å². The summed E-state index contributed by atoms with van der Waals surface area (Å²) in [7, 11) is 0. The molecule has 0 aliphatic heterocycles. The van der Waals surface area contributed by atoms with Gasteiger partial charge in [-0.3, -0.25) is 0 Å². The first-order chi connectivity index (χ1) is 13.0. The van der Waals surface area contributed by atoms with Gasteiger partial charge in [0.1, 0.15) is 12.4 Å². The Morgan fingerprint density at radius 1 is 1.26 bits per heavy atom. The molecule has 1 aromatic heterocycles. The van der Waals surface area contributed by atoms with Gasteiger partial charge in [-0.05, 0) is 30.5 Å². The van der Waals surface area contributed by atoms with E-state index in [0.29, 0.717) is 37.3 Å². The summed E-state index contributed by atoms with van der Waals surface area (Å²) >= 11 is 0. The summed E-state index contributed by atoms with van der Waals surface area (Å²) < 4.78 is 34.9. The summed E-state index contributed by atoms with van der Waals surface area (Å²) in [6.45, 7) is 7.02. The number of alkyl halides is 2. The van der Waals surface area contributed by atoms with Gasteiger partial charge in [-0.2, -0.15) is 0 Å². The van der Waals surface area contributed by atoms with Crippen LogP contribution in [0.1, 0.15) is 43.7 Å². The second kappa shape index (κ2) is 10.5. The topological polar surface area (TPSA) is 71.7 Å². The molecule has 8 heteroatoms. The first kappa shape index (κ1) is 20.7. The number of halogens is 2. The highest BCUT2D eigenvalue weighted by Gasteiger charge is 2.08. The number of guanidine groups is 1. The molecule has 2 aromatic rings. The monoisotopic (exact) mass is 380 g/mol. The van der Waals surface area contributed by atoms with Crippen LogP contribution in [0.5, 0.6) is 5.75 Å². The Morgan fingerprint density at radius 2 is 2.07 bits per heavy atom. The Morgan fingerprint density at radius 3 is 2.74 bits per heavy atom. The van der Waals surface area contributed by atoms with Crippen LogP contribution in [0.15, 0.2) is 39.8 Å². The lowest BCUT2D eigenvalue weighted by atomic mass is 10.1.